The smallest absolute Gasteiger partial charge is 0.125 e. The summed E-state index contributed by atoms with van der Waals surface area (Å²) >= 11 is 5.80. The molecule has 1 aromatic heterocycles. The Morgan fingerprint density at radius 3 is 2.67 bits per heavy atom. The Labute approximate surface area is 111 Å². The van der Waals surface area contributed by atoms with Crippen LogP contribution in [0.1, 0.15) is 17.0 Å². The van der Waals surface area contributed by atoms with Crippen LogP contribution in [0.2, 0.25) is 5.02 Å². The molecule has 2 rings (SSSR count). The highest BCUT2D eigenvalue weighted by molar-refractivity contribution is 6.30. The molecule has 0 amide bonds. The third-order valence-electron chi connectivity index (χ3n) is 2.63. The SMILES string of the molecule is Cc1ccc(NCc2cc(F)cc(Cl)c2)c(C)n1. The maximum Gasteiger partial charge on any atom is 0.125 e. The van der Waals surface area contributed by atoms with Crippen molar-refractivity contribution >= 4 is 17.3 Å². The van der Waals surface area contributed by atoms with Gasteiger partial charge in [0.25, 0.3) is 0 Å². The molecule has 0 saturated carbocycles. The first-order valence-corrected chi connectivity index (χ1v) is 6.05. The predicted molar refractivity (Wildman–Crippen MR) is 72.4 cm³/mol. The van der Waals surface area contributed by atoms with E-state index >= 15 is 0 Å². The maximum absolute atomic E-state index is 13.2. The van der Waals surface area contributed by atoms with E-state index in [-0.39, 0.29) is 5.82 Å². The fraction of sp³-hybridized carbons (Fsp3) is 0.214. The average molecular weight is 265 g/mol. The highest BCUT2D eigenvalue weighted by Gasteiger charge is 2.02. The van der Waals surface area contributed by atoms with Crippen molar-refractivity contribution in [3.8, 4) is 0 Å². The van der Waals surface area contributed by atoms with Gasteiger partial charge in [0.2, 0.25) is 0 Å². The Kier molecular flexibility index (Phi) is 3.82. The summed E-state index contributed by atoms with van der Waals surface area (Å²) in [5.41, 5.74) is 3.66. The third-order valence-corrected chi connectivity index (χ3v) is 2.85. The number of pyridine rings is 1. The van der Waals surface area contributed by atoms with Crippen molar-refractivity contribution in [1.82, 2.24) is 4.98 Å². The summed E-state index contributed by atoms with van der Waals surface area (Å²) in [4.78, 5) is 4.36. The molecule has 1 aromatic carbocycles. The van der Waals surface area contributed by atoms with Gasteiger partial charge in [-0.3, -0.25) is 4.98 Å². The number of nitrogens with one attached hydrogen (secondary N) is 1. The summed E-state index contributed by atoms with van der Waals surface area (Å²) in [6, 6.07) is 8.42. The van der Waals surface area contributed by atoms with Crippen LogP contribution in [0.25, 0.3) is 0 Å². The first-order chi connectivity index (χ1) is 8.54. The zero-order chi connectivity index (χ0) is 13.1. The molecule has 2 nitrogen and oxygen atoms in total. The van der Waals surface area contributed by atoms with Gasteiger partial charge in [-0.05, 0) is 49.7 Å². The largest absolute Gasteiger partial charge is 0.379 e. The minimum Gasteiger partial charge on any atom is -0.379 e. The predicted octanol–water partition coefficient (Wildman–Crippen LogP) is 4.10. The Morgan fingerprint density at radius 1 is 1.22 bits per heavy atom. The van der Waals surface area contributed by atoms with E-state index in [1.54, 1.807) is 6.07 Å². The molecule has 0 unspecified atom stereocenters. The second kappa shape index (κ2) is 5.36. The van der Waals surface area contributed by atoms with Crippen LogP contribution in [-0.4, -0.2) is 4.98 Å². The molecule has 0 aliphatic rings. The number of nitrogens with zero attached hydrogens (tertiary/aromatic N) is 1. The van der Waals surface area contributed by atoms with Crippen LogP contribution >= 0.6 is 11.6 Å². The van der Waals surface area contributed by atoms with E-state index in [1.165, 1.54) is 12.1 Å². The number of aromatic nitrogens is 1. The van der Waals surface area contributed by atoms with Crippen molar-refractivity contribution < 1.29 is 4.39 Å². The van der Waals surface area contributed by atoms with Gasteiger partial charge in [0.1, 0.15) is 5.82 Å². The molecule has 0 atom stereocenters. The van der Waals surface area contributed by atoms with Crippen LogP contribution in [0.15, 0.2) is 30.3 Å². The van der Waals surface area contributed by atoms with Crippen molar-refractivity contribution in [2.75, 3.05) is 5.32 Å². The second-order valence-corrected chi connectivity index (χ2v) is 4.65. The maximum atomic E-state index is 13.2. The zero-order valence-electron chi connectivity index (χ0n) is 10.3. The Morgan fingerprint density at radius 2 is 2.00 bits per heavy atom. The molecule has 0 saturated heterocycles. The van der Waals surface area contributed by atoms with Crippen LogP contribution in [-0.2, 0) is 6.54 Å². The highest BCUT2D eigenvalue weighted by atomic mass is 35.5. The molecule has 0 spiro atoms. The van der Waals surface area contributed by atoms with Gasteiger partial charge in [0.05, 0.1) is 11.4 Å². The molecule has 94 valence electrons. The van der Waals surface area contributed by atoms with E-state index in [0.717, 1.165) is 22.6 Å². The van der Waals surface area contributed by atoms with Crippen LogP contribution < -0.4 is 5.32 Å². The van der Waals surface area contributed by atoms with Gasteiger partial charge < -0.3 is 5.32 Å². The van der Waals surface area contributed by atoms with E-state index in [4.69, 9.17) is 11.6 Å². The lowest BCUT2D eigenvalue weighted by Gasteiger charge is -2.10. The summed E-state index contributed by atoms with van der Waals surface area (Å²) in [6.07, 6.45) is 0. The molecular weight excluding hydrogens is 251 g/mol. The number of aryl methyl sites for hydroxylation is 2. The molecule has 0 bridgehead atoms. The van der Waals surface area contributed by atoms with Gasteiger partial charge in [0.15, 0.2) is 0 Å². The van der Waals surface area contributed by atoms with Crippen molar-refractivity contribution in [1.29, 1.82) is 0 Å². The van der Waals surface area contributed by atoms with E-state index in [0.29, 0.717) is 11.6 Å². The van der Waals surface area contributed by atoms with Crippen molar-refractivity contribution in [3.05, 3.63) is 58.1 Å². The monoisotopic (exact) mass is 264 g/mol. The number of halogens is 2. The molecule has 18 heavy (non-hydrogen) atoms. The van der Waals surface area contributed by atoms with Crippen LogP contribution in [0.3, 0.4) is 0 Å². The first-order valence-electron chi connectivity index (χ1n) is 5.68. The summed E-state index contributed by atoms with van der Waals surface area (Å²) in [6.45, 7) is 4.40. The van der Waals surface area contributed by atoms with Crippen molar-refractivity contribution in [3.63, 3.8) is 0 Å². The van der Waals surface area contributed by atoms with Gasteiger partial charge in [0, 0.05) is 17.3 Å². The standard InChI is InChI=1S/C14H14ClFN2/c1-9-3-4-14(10(2)18-9)17-8-11-5-12(15)7-13(16)6-11/h3-7,17H,8H2,1-2H3. The van der Waals surface area contributed by atoms with Gasteiger partial charge in [-0.1, -0.05) is 11.6 Å². The normalized spacial score (nSPS) is 10.4. The third kappa shape index (κ3) is 3.20. The van der Waals surface area contributed by atoms with E-state index < -0.39 is 0 Å². The lowest BCUT2D eigenvalue weighted by atomic mass is 10.2. The van der Waals surface area contributed by atoms with Gasteiger partial charge in [-0.15, -0.1) is 0 Å². The Hall–Kier alpha value is -1.61. The lowest BCUT2D eigenvalue weighted by Crippen LogP contribution is -2.03. The highest BCUT2D eigenvalue weighted by Crippen LogP contribution is 2.17. The van der Waals surface area contributed by atoms with Gasteiger partial charge >= 0.3 is 0 Å². The van der Waals surface area contributed by atoms with Crippen LogP contribution in [0.4, 0.5) is 10.1 Å². The van der Waals surface area contributed by atoms with Gasteiger partial charge in [-0.25, -0.2) is 4.39 Å². The molecule has 0 fully saturated rings. The summed E-state index contributed by atoms with van der Waals surface area (Å²) in [5.74, 6) is -0.321. The minimum absolute atomic E-state index is 0.321. The molecule has 0 aliphatic heterocycles. The minimum atomic E-state index is -0.321. The Balaban J connectivity index is 2.11. The zero-order valence-corrected chi connectivity index (χ0v) is 11.1. The average Bonchev–Trinajstić information content (AvgIpc) is 2.26. The molecule has 1 heterocycles. The van der Waals surface area contributed by atoms with Crippen LogP contribution in [0, 0.1) is 19.7 Å². The molecule has 0 aliphatic carbocycles. The fourth-order valence-electron chi connectivity index (χ4n) is 1.78. The van der Waals surface area contributed by atoms with E-state index in [1.807, 2.05) is 26.0 Å². The molecular formula is C14H14ClFN2. The van der Waals surface area contributed by atoms with E-state index in [2.05, 4.69) is 10.3 Å². The summed E-state index contributed by atoms with van der Waals surface area (Å²) in [7, 11) is 0. The summed E-state index contributed by atoms with van der Waals surface area (Å²) < 4.78 is 13.2. The van der Waals surface area contributed by atoms with Crippen molar-refractivity contribution in [2.45, 2.75) is 20.4 Å². The summed E-state index contributed by atoms with van der Waals surface area (Å²) in [5, 5.41) is 3.63. The number of benzene rings is 1. The topological polar surface area (TPSA) is 24.9 Å². The fourth-order valence-corrected chi connectivity index (χ4v) is 2.03. The molecule has 4 heteroatoms. The molecule has 0 radical (unpaired) electrons. The number of anilines is 1. The molecule has 2 aromatic rings. The number of hydrogen-bond acceptors (Lipinski definition) is 2. The number of hydrogen-bond donors (Lipinski definition) is 1. The van der Waals surface area contributed by atoms with Crippen molar-refractivity contribution in [2.24, 2.45) is 0 Å². The van der Waals surface area contributed by atoms with Gasteiger partial charge in [-0.2, -0.15) is 0 Å². The molecule has 1 N–H and O–H groups in total. The second-order valence-electron chi connectivity index (χ2n) is 4.22. The van der Waals surface area contributed by atoms with Crippen LogP contribution in [0.5, 0.6) is 0 Å². The quantitative estimate of drug-likeness (QED) is 0.903. The Bertz CT molecular complexity index is 549. The first kappa shape index (κ1) is 12.8. The van der Waals surface area contributed by atoms with E-state index in [9.17, 15) is 4.39 Å². The number of rotatable bonds is 3. The lowest BCUT2D eigenvalue weighted by molar-refractivity contribution is 0.626.